The molecule has 0 spiro atoms. The molecule has 3 aromatic rings. The van der Waals surface area contributed by atoms with E-state index < -0.39 is 15.7 Å². The van der Waals surface area contributed by atoms with Crippen molar-refractivity contribution in [2.45, 2.75) is 4.90 Å². The summed E-state index contributed by atoms with van der Waals surface area (Å²) in [6, 6.07) is 10.3. The van der Waals surface area contributed by atoms with Crippen LogP contribution in [0.2, 0.25) is 10.0 Å². The monoisotopic (exact) mass is 411 g/mol. The third-order valence-electron chi connectivity index (χ3n) is 3.33. The Morgan fingerprint density at radius 1 is 1.12 bits per heavy atom. The van der Waals surface area contributed by atoms with Gasteiger partial charge in [-0.1, -0.05) is 34.4 Å². The Labute approximate surface area is 158 Å². The second-order valence-corrected chi connectivity index (χ2v) is 8.15. The summed E-state index contributed by atoms with van der Waals surface area (Å²) < 4.78 is 28.6. The molecule has 3 rings (SSSR count). The number of hydrogen-bond donors (Lipinski definition) is 1. The average Bonchev–Trinajstić information content (AvgIpc) is 3.02. The summed E-state index contributed by atoms with van der Waals surface area (Å²) in [5.41, 5.74) is 0.598. The minimum Gasteiger partial charge on any atom is -0.403 e. The lowest BCUT2D eigenvalue weighted by atomic mass is 10.2. The van der Waals surface area contributed by atoms with Gasteiger partial charge < -0.3 is 4.42 Å². The van der Waals surface area contributed by atoms with Gasteiger partial charge >= 0.3 is 6.01 Å². The van der Waals surface area contributed by atoms with E-state index in [1.54, 1.807) is 12.1 Å². The number of anilines is 1. The zero-order chi connectivity index (χ0) is 18.9. The van der Waals surface area contributed by atoms with Gasteiger partial charge in [0.2, 0.25) is 5.89 Å². The summed E-state index contributed by atoms with van der Waals surface area (Å²) in [7, 11) is -3.37. The van der Waals surface area contributed by atoms with Crippen LogP contribution in [0, 0.1) is 0 Å². The van der Waals surface area contributed by atoms with Crippen molar-refractivity contribution in [1.29, 1.82) is 0 Å². The molecule has 0 atom stereocenters. The first-order valence-corrected chi connectivity index (χ1v) is 9.79. The number of sulfone groups is 1. The van der Waals surface area contributed by atoms with Gasteiger partial charge in [-0.2, -0.15) is 0 Å². The molecular weight excluding hydrogens is 401 g/mol. The van der Waals surface area contributed by atoms with Gasteiger partial charge in [-0.3, -0.25) is 10.1 Å². The van der Waals surface area contributed by atoms with E-state index in [-0.39, 0.29) is 27.4 Å². The first kappa shape index (κ1) is 18.4. The lowest BCUT2D eigenvalue weighted by Crippen LogP contribution is -2.12. The molecule has 0 radical (unpaired) electrons. The molecule has 0 saturated carbocycles. The topological polar surface area (TPSA) is 102 Å². The lowest BCUT2D eigenvalue weighted by Gasteiger charge is -2.03. The van der Waals surface area contributed by atoms with Crippen LogP contribution in [0.5, 0.6) is 0 Å². The van der Waals surface area contributed by atoms with Gasteiger partial charge in [0.15, 0.2) is 9.84 Å². The molecule has 1 heterocycles. The Balaban J connectivity index is 1.83. The second kappa shape index (κ2) is 7.06. The fourth-order valence-corrected chi connectivity index (χ4v) is 3.25. The summed E-state index contributed by atoms with van der Waals surface area (Å²) in [6.45, 7) is 0. The minimum atomic E-state index is -3.37. The normalized spacial score (nSPS) is 11.3. The van der Waals surface area contributed by atoms with E-state index in [0.29, 0.717) is 10.6 Å². The van der Waals surface area contributed by atoms with Crippen LogP contribution >= 0.6 is 23.2 Å². The second-order valence-electron chi connectivity index (χ2n) is 5.29. The molecule has 134 valence electrons. The predicted molar refractivity (Wildman–Crippen MR) is 97.3 cm³/mol. The van der Waals surface area contributed by atoms with Crippen molar-refractivity contribution in [3.63, 3.8) is 0 Å². The molecule has 0 saturated heterocycles. The summed E-state index contributed by atoms with van der Waals surface area (Å²) >= 11 is 11.8. The van der Waals surface area contributed by atoms with Crippen molar-refractivity contribution in [2.24, 2.45) is 0 Å². The highest BCUT2D eigenvalue weighted by atomic mass is 35.5. The Kier molecular flexibility index (Phi) is 4.99. The molecule has 1 N–H and O–H groups in total. The fraction of sp³-hybridized carbons (Fsp3) is 0.0625. The quantitative estimate of drug-likeness (QED) is 0.701. The summed E-state index contributed by atoms with van der Waals surface area (Å²) in [5.74, 6) is -0.486. The average molecular weight is 412 g/mol. The number of halogens is 2. The van der Waals surface area contributed by atoms with E-state index in [1.165, 1.54) is 30.3 Å². The minimum absolute atomic E-state index is 0.0630. The summed E-state index contributed by atoms with van der Waals surface area (Å²) in [4.78, 5) is 12.3. The van der Waals surface area contributed by atoms with Gasteiger partial charge in [0.1, 0.15) is 0 Å². The molecular formula is C16H11Cl2N3O4S. The van der Waals surface area contributed by atoms with Gasteiger partial charge in [0.05, 0.1) is 15.5 Å². The molecule has 0 bridgehead atoms. The number of nitrogens with one attached hydrogen (secondary N) is 1. The van der Waals surface area contributed by atoms with Crippen LogP contribution in [0.1, 0.15) is 10.4 Å². The van der Waals surface area contributed by atoms with Crippen LogP contribution in [-0.4, -0.2) is 30.8 Å². The van der Waals surface area contributed by atoms with Crippen molar-refractivity contribution >= 4 is 45.0 Å². The fourth-order valence-electron chi connectivity index (χ4n) is 2.09. The number of benzene rings is 2. The Hall–Kier alpha value is -2.42. The number of carbonyl (C=O) groups excluding carboxylic acids is 1. The standard InChI is InChI=1S/C16H11Cl2N3O4S/c1-26(23,24)11-4-2-3-9(7-11)15-20-21-16(25-15)19-14(22)12-6-5-10(17)8-13(12)18/h2-8H,1H3,(H,19,21,22). The van der Waals surface area contributed by atoms with Crippen LogP contribution in [0.3, 0.4) is 0 Å². The lowest BCUT2D eigenvalue weighted by molar-refractivity contribution is 0.102. The molecule has 0 unspecified atom stereocenters. The maximum absolute atomic E-state index is 12.2. The predicted octanol–water partition coefficient (Wildman–Crippen LogP) is 3.70. The Morgan fingerprint density at radius 2 is 1.88 bits per heavy atom. The third kappa shape index (κ3) is 4.04. The van der Waals surface area contributed by atoms with Gasteiger partial charge in [-0.05, 0) is 36.4 Å². The zero-order valence-corrected chi connectivity index (χ0v) is 15.6. The van der Waals surface area contributed by atoms with Gasteiger partial charge in [0, 0.05) is 16.8 Å². The largest absolute Gasteiger partial charge is 0.403 e. The Morgan fingerprint density at radius 3 is 2.58 bits per heavy atom. The van der Waals surface area contributed by atoms with E-state index in [2.05, 4.69) is 15.5 Å². The molecule has 0 aliphatic carbocycles. The SMILES string of the molecule is CS(=O)(=O)c1cccc(-c2nnc(NC(=O)c3ccc(Cl)cc3Cl)o2)c1. The third-order valence-corrected chi connectivity index (χ3v) is 4.99. The van der Waals surface area contributed by atoms with Crippen molar-refractivity contribution in [1.82, 2.24) is 10.2 Å². The van der Waals surface area contributed by atoms with Crippen LogP contribution in [-0.2, 0) is 9.84 Å². The first-order chi connectivity index (χ1) is 12.2. The van der Waals surface area contributed by atoms with Gasteiger partial charge in [0.25, 0.3) is 5.91 Å². The summed E-state index contributed by atoms with van der Waals surface area (Å²) in [5, 5.41) is 10.5. The molecule has 26 heavy (non-hydrogen) atoms. The van der Waals surface area contributed by atoms with E-state index in [0.717, 1.165) is 6.26 Å². The number of aromatic nitrogens is 2. The number of amides is 1. The molecule has 1 aromatic heterocycles. The van der Waals surface area contributed by atoms with Gasteiger partial charge in [-0.15, -0.1) is 5.10 Å². The molecule has 0 aliphatic rings. The highest BCUT2D eigenvalue weighted by Gasteiger charge is 2.16. The van der Waals surface area contributed by atoms with Crippen molar-refractivity contribution in [3.05, 3.63) is 58.1 Å². The van der Waals surface area contributed by atoms with E-state index in [9.17, 15) is 13.2 Å². The van der Waals surface area contributed by atoms with Crippen molar-refractivity contribution < 1.29 is 17.6 Å². The highest BCUT2D eigenvalue weighted by Crippen LogP contribution is 2.24. The van der Waals surface area contributed by atoms with Crippen LogP contribution in [0.15, 0.2) is 51.8 Å². The van der Waals surface area contributed by atoms with Crippen LogP contribution in [0.25, 0.3) is 11.5 Å². The molecule has 7 nitrogen and oxygen atoms in total. The molecule has 1 amide bonds. The Bertz CT molecular complexity index is 1100. The highest BCUT2D eigenvalue weighted by molar-refractivity contribution is 7.90. The first-order valence-electron chi connectivity index (χ1n) is 7.14. The number of rotatable bonds is 4. The summed E-state index contributed by atoms with van der Waals surface area (Å²) in [6.07, 6.45) is 1.10. The number of carbonyl (C=O) groups is 1. The number of hydrogen-bond acceptors (Lipinski definition) is 6. The molecule has 2 aromatic carbocycles. The molecule has 10 heteroatoms. The zero-order valence-electron chi connectivity index (χ0n) is 13.2. The maximum atomic E-state index is 12.2. The maximum Gasteiger partial charge on any atom is 0.322 e. The molecule has 0 fully saturated rings. The van der Waals surface area contributed by atoms with E-state index >= 15 is 0 Å². The van der Waals surface area contributed by atoms with Gasteiger partial charge in [-0.25, -0.2) is 8.42 Å². The number of nitrogens with zero attached hydrogens (tertiary/aromatic N) is 2. The van der Waals surface area contributed by atoms with Crippen LogP contribution in [0.4, 0.5) is 6.01 Å². The van der Waals surface area contributed by atoms with E-state index in [1.807, 2.05) is 0 Å². The van der Waals surface area contributed by atoms with Crippen LogP contribution < -0.4 is 5.32 Å². The smallest absolute Gasteiger partial charge is 0.322 e. The van der Waals surface area contributed by atoms with Crippen molar-refractivity contribution in [2.75, 3.05) is 11.6 Å². The molecule has 0 aliphatic heterocycles. The van der Waals surface area contributed by atoms with E-state index in [4.69, 9.17) is 27.6 Å². The van der Waals surface area contributed by atoms with Crippen molar-refractivity contribution in [3.8, 4) is 11.5 Å².